The standard InChI is InChI=1S/C22H28N2O5S/c1-5-28-18(25)15-24(14-17-12-9-13-30-17)20(26)19(16-10-7-6-8-11-16)23-21(27)29-22(2,3)4/h6-13,19H,5,14-15H2,1-4H3,(H,23,27)/t19-/m1/s1. The van der Waals surface area contributed by atoms with Crippen LogP contribution in [0.1, 0.15) is 44.2 Å². The molecule has 0 radical (unpaired) electrons. The number of hydrogen-bond donors (Lipinski definition) is 1. The van der Waals surface area contributed by atoms with Crippen LogP contribution < -0.4 is 5.32 Å². The summed E-state index contributed by atoms with van der Waals surface area (Å²) in [4.78, 5) is 40.3. The lowest BCUT2D eigenvalue weighted by atomic mass is 10.1. The molecule has 1 heterocycles. The van der Waals surface area contributed by atoms with Crippen LogP contribution in [-0.2, 0) is 25.6 Å². The summed E-state index contributed by atoms with van der Waals surface area (Å²) in [5.41, 5.74) is -0.121. The zero-order valence-electron chi connectivity index (χ0n) is 17.7. The SMILES string of the molecule is CCOC(=O)CN(Cc1cccs1)C(=O)[C@H](NC(=O)OC(C)(C)C)c1ccccc1. The molecule has 2 rings (SSSR count). The van der Waals surface area contributed by atoms with Gasteiger partial charge >= 0.3 is 12.1 Å². The summed E-state index contributed by atoms with van der Waals surface area (Å²) < 4.78 is 10.4. The fourth-order valence-electron chi connectivity index (χ4n) is 2.71. The Bertz CT molecular complexity index is 831. The summed E-state index contributed by atoms with van der Waals surface area (Å²) in [5, 5.41) is 4.55. The van der Waals surface area contributed by atoms with E-state index in [1.165, 1.54) is 16.2 Å². The monoisotopic (exact) mass is 432 g/mol. The van der Waals surface area contributed by atoms with Gasteiger partial charge in [-0.15, -0.1) is 11.3 Å². The lowest BCUT2D eigenvalue weighted by molar-refractivity contribution is -0.150. The first kappa shape index (κ1) is 23.4. The molecule has 0 aliphatic carbocycles. The first-order valence-electron chi connectivity index (χ1n) is 9.71. The van der Waals surface area contributed by atoms with Crippen molar-refractivity contribution in [3.05, 3.63) is 58.3 Å². The zero-order valence-corrected chi connectivity index (χ0v) is 18.5. The molecule has 0 bridgehead atoms. The molecule has 1 aromatic carbocycles. The Morgan fingerprint density at radius 2 is 1.80 bits per heavy atom. The smallest absolute Gasteiger partial charge is 0.408 e. The van der Waals surface area contributed by atoms with Crippen LogP contribution in [0.4, 0.5) is 4.79 Å². The summed E-state index contributed by atoms with van der Waals surface area (Å²) in [6.07, 6.45) is -0.711. The molecule has 0 saturated carbocycles. The lowest BCUT2D eigenvalue weighted by Crippen LogP contribution is -2.45. The van der Waals surface area contributed by atoms with Gasteiger partial charge in [0.1, 0.15) is 18.2 Å². The van der Waals surface area contributed by atoms with E-state index in [1.54, 1.807) is 52.0 Å². The van der Waals surface area contributed by atoms with Gasteiger partial charge in [-0.25, -0.2) is 4.79 Å². The topological polar surface area (TPSA) is 84.9 Å². The first-order chi connectivity index (χ1) is 14.2. The second-order valence-electron chi connectivity index (χ2n) is 7.57. The molecule has 30 heavy (non-hydrogen) atoms. The molecule has 162 valence electrons. The van der Waals surface area contributed by atoms with Crippen LogP contribution in [0.2, 0.25) is 0 Å². The van der Waals surface area contributed by atoms with E-state index >= 15 is 0 Å². The van der Waals surface area contributed by atoms with Crippen LogP contribution in [0.3, 0.4) is 0 Å². The van der Waals surface area contributed by atoms with E-state index in [0.717, 1.165) is 4.88 Å². The van der Waals surface area contributed by atoms with Crippen molar-refractivity contribution in [3.8, 4) is 0 Å². The van der Waals surface area contributed by atoms with Gasteiger partial charge in [-0.2, -0.15) is 0 Å². The molecule has 7 nitrogen and oxygen atoms in total. The lowest BCUT2D eigenvalue weighted by Gasteiger charge is -2.28. The van der Waals surface area contributed by atoms with E-state index in [0.29, 0.717) is 5.56 Å². The Morgan fingerprint density at radius 1 is 1.10 bits per heavy atom. The Morgan fingerprint density at radius 3 is 2.37 bits per heavy atom. The summed E-state index contributed by atoms with van der Waals surface area (Å²) in [7, 11) is 0. The summed E-state index contributed by atoms with van der Waals surface area (Å²) in [5.74, 6) is -0.931. The Labute approximate surface area is 181 Å². The van der Waals surface area contributed by atoms with E-state index in [9.17, 15) is 14.4 Å². The van der Waals surface area contributed by atoms with Crippen molar-refractivity contribution in [2.24, 2.45) is 0 Å². The number of ether oxygens (including phenoxy) is 2. The maximum absolute atomic E-state index is 13.5. The molecule has 0 aliphatic rings. The second-order valence-corrected chi connectivity index (χ2v) is 8.60. The number of esters is 1. The third-order valence-corrected chi connectivity index (χ3v) is 4.77. The van der Waals surface area contributed by atoms with Crippen molar-refractivity contribution < 1.29 is 23.9 Å². The molecule has 1 aromatic heterocycles. The highest BCUT2D eigenvalue weighted by Gasteiger charge is 2.31. The Balaban J connectivity index is 2.30. The van der Waals surface area contributed by atoms with Gasteiger partial charge in [-0.3, -0.25) is 9.59 Å². The Kier molecular flexibility index (Phi) is 8.41. The van der Waals surface area contributed by atoms with Gasteiger partial charge in [0.05, 0.1) is 13.2 Å². The highest BCUT2D eigenvalue weighted by Crippen LogP contribution is 2.20. The first-order valence-corrected chi connectivity index (χ1v) is 10.6. The number of carbonyl (C=O) groups excluding carboxylic acids is 3. The molecule has 8 heteroatoms. The molecule has 0 unspecified atom stereocenters. The molecule has 2 aromatic rings. The number of carbonyl (C=O) groups is 3. The third kappa shape index (κ3) is 7.51. The van der Waals surface area contributed by atoms with Crippen molar-refractivity contribution in [1.29, 1.82) is 0 Å². The zero-order chi connectivity index (χ0) is 22.1. The largest absolute Gasteiger partial charge is 0.465 e. The van der Waals surface area contributed by atoms with E-state index in [1.807, 2.05) is 23.6 Å². The molecule has 2 amide bonds. The molecular formula is C22H28N2O5S. The van der Waals surface area contributed by atoms with Gasteiger partial charge < -0.3 is 19.7 Å². The molecule has 0 fully saturated rings. The minimum absolute atomic E-state index is 0.218. The molecule has 1 atom stereocenters. The van der Waals surface area contributed by atoms with Gasteiger partial charge in [-0.1, -0.05) is 36.4 Å². The van der Waals surface area contributed by atoms with Crippen molar-refractivity contribution in [1.82, 2.24) is 10.2 Å². The molecular weight excluding hydrogens is 404 g/mol. The number of nitrogens with one attached hydrogen (secondary N) is 1. The van der Waals surface area contributed by atoms with Gasteiger partial charge in [0, 0.05) is 4.88 Å². The predicted molar refractivity (Wildman–Crippen MR) is 115 cm³/mol. The molecule has 1 N–H and O–H groups in total. The van der Waals surface area contributed by atoms with Crippen LogP contribution in [-0.4, -0.2) is 41.6 Å². The number of alkyl carbamates (subject to hydrolysis) is 1. The van der Waals surface area contributed by atoms with E-state index < -0.39 is 29.6 Å². The highest BCUT2D eigenvalue weighted by atomic mass is 32.1. The number of amides is 2. The van der Waals surface area contributed by atoms with Gasteiger partial charge in [0.2, 0.25) is 0 Å². The molecule has 0 spiro atoms. The highest BCUT2D eigenvalue weighted by molar-refractivity contribution is 7.09. The van der Waals surface area contributed by atoms with Gasteiger partial charge in [0.15, 0.2) is 0 Å². The second kappa shape index (κ2) is 10.8. The minimum atomic E-state index is -1.00. The average Bonchev–Trinajstić information content (AvgIpc) is 3.18. The van der Waals surface area contributed by atoms with Gasteiger partial charge in [0.25, 0.3) is 5.91 Å². The fourth-order valence-corrected chi connectivity index (χ4v) is 3.43. The summed E-state index contributed by atoms with van der Waals surface area (Å²) >= 11 is 1.48. The summed E-state index contributed by atoms with van der Waals surface area (Å²) in [6.45, 7) is 7.18. The van der Waals surface area contributed by atoms with Crippen LogP contribution >= 0.6 is 11.3 Å². The average molecular weight is 433 g/mol. The number of benzene rings is 1. The van der Waals surface area contributed by atoms with Crippen molar-refractivity contribution in [3.63, 3.8) is 0 Å². The number of hydrogen-bond acceptors (Lipinski definition) is 6. The molecule has 0 saturated heterocycles. The van der Waals surface area contributed by atoms with Crippen molar-refractivity contribution in [2.45, 2.75) is 45.9 Å². The number of nitrogens with zero attached hydrogens (tertiary/aromatic N) is 1. The maximum atomic E-state index is 13.5. The van der Waals surface area contributed by atoms with Crippen LogP contribution in [0.15, 0.2) is 47.8 Å². The van der Waals surface area contributed by atoms with E-state index in [-0.39, 0.29) is 19.7 Å². The predicted octanol–water partition coefficient (Wildman–Crippen LogP) is 3.91. The number of rotatable bonds is 8. The maximum Gasteiger partial charge on any atom is 0.408 e. The third-order valence-electron chi connectivity index (χ3n) is 3.90. The van der Waals surface area contributed by atoms with Crippen LogP contribution in [0, 0.1) is 0 Å². The van der Waals surface area contributed by atoms with Crippen LogP contribution in [0.5, 0.6) is 0 Å². The quantitative estimate of drug-likeness (QED) is 0.640. The van der Waals surface area contributed by atoms with Crippen molar-refractivity contribution in [2.75, 3.05) is 13.2 Å². The van der Waals surface area contributed by atoms with Crippen LogP contribution in [0.25, 0.3) is 0 Å². The number of thiophene rings is 1. The van der Waals surface area contributed by atoms with E-state index in [4.69, 9.17) is 9.47 Å². The molecule has 0 aliphatic heterocycles. The summed E-state index contributed by atoms with van der Waals surface area (Å²) in [6, 6.07) is 11.6. The normalized spacial score (nSPS) is 12.0. The Hall–Kier alpha value is -2.87. The fraction of sp³-hybridized carbons (Fsp3) is 0.409. The van der Waals surface area contributed by atoms with E-state index in [2.05, 4.69) is 5.32 Å². The van der Waals surface area contributed by atoms with Gasteiger partial charge in [-0.05, 0) is 44.7 Å². The van der Waals surface area contributed by atoms with Crippen molar-refractivity contribution >= 4 is 29.3 Å². The minimum Gasteiger partial charge on any atom is -0.465 e.